The molecule has 2 atom stereocenters. The van der Waals surface area contributed by atoms with Crippen molar-refractivity contribution in [2.24, 2.45) is 0 Å². The van der Waals surface area contributed by atoms with E-state index in [1.807, 2.05) is 0 Å². The number of hydrogen-bond acceptors (Lipinski definition) is 0. The van der Waals surface area contributed by atoms with E-state index < -0.39 is 15.2 Å². The largest absolute Gasteiger partial charge is 0.0622 e. The zero-order chi connectivity index (χ0) is 34.0. The van der Waals surface area contributed by atoms with Gasteiger partial charge in [-0.25, -0.2) is 0 Å². The zero-order valence-electron chi connectivity index (χ0n) is 29.1. The molecule has 0 saturated heterocycles. The fourth-order valence-corrected chi connectivity index (χ4v) is 23.4. The van der Waals surface area contributed by atoms with Gasteiger partial charge in [-0.3, -0.25) is 0 Å². The van der Waals surface area contributed by atoms with Crippen molar-refractivity contribution in [3.05, 3.63) is 182 Å². The fourth-order valence-electron chi connectivity index (χ4n) is 5.78. The van der Waals surface area contributed by atoms with Gasteiger partial charge in [-0.1, -0.05) is 224 Å². The van der Waals surface area contributed by atoms with Crippen LogP contribution in [0.4, 0.5) is 0 Å². The molecule has 0 saturated carbocycles. The Bertz CT molecular complexity index is 1550. The molecule has 0 fully saturated rings. The topological polar surface area (TPSA) is 0 Å². The molecule has 6 aromatic rings. The van der Waals surface area contributed by atoms with E-state index in [0.29, 0.717) is 0 Å². The molecule has 0 heterocycles. The summed E-state index contributed by atoms with van der Waals surface area (Å²) in [5, 5.41) is 9.39. The van der Waals surface area contributed by atoms with Gasteiger partial charge in [0, 0.05) is 0 Å². The predicted molar refractivity (Wildman–Crippen MR) is 224 cm³/mol. The van der Waals surface area contributed by atoms with Gasteiger partial charge in [0.05, 0.1) is 0 Å². The van der Waals surface area contributed by atoms with Gasteiger partial charge in [-0.2, -0.15) is 0 Å². The van der Waals surface area contributed by atoms with Crippen LogP contribution < -0.4 is 31.8 Å². The highest BCUT2D eigenvalue weighted by Crippen LogP contribution is 2.73. The van der Waals surface area contributed by atoms with Crippen molar-refractivity contribution in [1.82, 2.24) is 0 Å². The molecule has 0 aliphatic heterocycles. The van der Waals surface area contributed by atoms with Crippen LogP contribution in [0.25, 0.3) is 0 Å². The number of benzene rings is 6. The van der Waals surface area contributed by atoms with E-state index >= 15 is 0 Å². The summed E-state index contributed by atoms with van der Waals surface area (Å²) in [6, 6.07) is 66.6. The monoisotopic (exact) mass is 700 g/mol. The van der Waals surface area contributed by atoms with Crippen LogP contribution in [-0.2, 0) is 0 Å². The van der Waals surface area contributed by atoms with Gasteiger partial charge in [0.1, 0.15) is 0 Å². The molecule has 0 unspecified atom stereocenters. The first-order chi connectivity index (χ1) is 23.1. The third-order valence-corrected chi connectivity index (χ3v) is 25.9. The molecule has 0 amide bonds. The molecule has 244 valence electrons. The summed E-state index contributed by atoms with van der Waals surface area (Å²) in [5.74, 6) is 0. The molecule has 6 aromatic carbocycles. The molecule has 0 N–H and O–H groups in total. The van der Waals surface area contributed by atoms with Gasteiger partial charge < -0.3 is 0 Å². The lowest BCUT2D eigenvalue weighted by atomic mass is 10.3. The lowest BCUT2D eigenvalue weighted by molar-refractivity contribution is 0.796. The van der Waals surface area contributed by atoms with Crippen LogP contribution in [0, 0.1) is 0 Å². The van der Waals surface area contributed by atoms with Crippen LogP contribution >= 0.6 is 30.4 Å². The van der Waals surface area contributed by atoms with E-state index in [9.17, 15) is 0 Å². The summed E-state index contributed by atoms with van der Waals surface area (Å²) in [4.78, 5) is 0. The first kappa shape index (κ1) is 36.3. The maximum absolute atomic E-state index is 2.40. The van der Waals surface area contributed by atoms with E-state index in [2.05, 4.69) is 224 Å². The average Bonchev–Trinajstić information content (AvgIpc) is 3.11. The van der Waals surface area contributed by atoms with Crippen molar-refractivity contribution in [2.45, 2.75) is 51.9 Å². The summed E-state index contributed by atoms with van der Waals surface area (Å²) in [7, 11) is -1.52. The standard InChI is InChI=1S/2C22H24P2/c2*1-22(2,3)24(21-17-11-6-12-18-21)23(19-13-7-4-8-14-19)20-15-9-5-10-16-20/h2*4-18H,1-3H3/t2*24-/m00/s1. The van der Waals surface area contributed by atoms with Crippen molar-refractivity contribution in [3.8, 4) is 0 Å². The van der Waals surface area contributed by atoms with Crippen LogP contribution in [0.5, 0.6) is 0 Å². The highest BCUT2D eigenvalue weighted by molar-refractivity contribution is 8.39. The lowest BCUT2D eigenvalue weighted by Crippen LogP contribution is -2.24. The minimum absolute atomic E-state index is 0.244. The third kappa shape index (κ3) is 9.59. The Labute approximate surface area is 294 Å². The maximum Gasteiger partial charge on any atom is -0.00948 e. The van der Waals surface area contributed by atoms with Crippen molar-refractivity contribution >= 4 is 62.3 Å². The van der Waals surface area contributed by atoms with Gasteiger partial charge in [-0.15, -0.1) is 0 Å². The molecule has 0 aromatic heterocycles. The fraction of sp³-hybridized carbons (Fsp3) is 0.182. The van der Waals surface area contributed by atoms with E-state index in [1.54, 1.807) is 0 Å². The number of hydrogen-bond donors (Lipinski definition) is 0. The summed E-state index contributed by atoms with van der Waals surface area (Å²) in [5.41, 5.74) is 0. The number of rotatable bonds is 8. The Hall–Kier alpha value is -2.96. The molecule has 0 aliphatic rings. The van der Waals surface area contributed by atoms with E-state index in [4.69, 9.17) is 0 Å². The molecule has 0 aliphatic carbocycles. The van der Waals surface area contributed by atoms with Crippen LogP contribution in [0.3, 0.4) is 0 Å². The van der Waals surface area contributed by atoms with Gasteiger partial charge in [0.25, 0.3) is 0 Å². The maximum atomic E-state index is 2.40. The predicted octanol–water partition coefficient (Wildman–Crippen LogP) is 11.3. The molecule has 0 radical (unpaired) electrons. The van der Waals surface area contributed by atoms with Crippen LogP contribution in [-0.4, -0.2) is 10.3 Å². The van der Waals surface area contributed by atoms with E-state index in [1.165, 1.54) is 31.8 Å². The normalized spacial score (nSPS) is 13.0. The minimum atomic E-state index is -0.414. The molecule has 0 spiro atoms. The Morgan fingerprint density at radius 3 is 0.583 bits per heavy atom. The van der Waals surface area contributed by atoms with Crippen molar-refractivity contribution in [3.63, 3.8) is 0 Å². The van der Waals surface area contributed by atoms with Crippen LogP contribution in [0.2, 0.25) is 0 Å². The van der Waals surface area contributed by atoms with Crippen LogP contribution in [0.15, 0.2) is 182 Å². The second-order valence-corrected chi connectivity index (χ2v) is 26.7. The Morgan fingerprint density at radius 1 is 0.250 bits per heavy atom. The van der Waals surface area contributed by atoms with Crippen LogP contribution in [0.1, 0.15) is 41.5 Å². The molecule has 0 nitrogen and oxygen atoms in total. The Kier molecular flexibility index (Phi) is 13.0. The first-order valence-electron chi connectivity index (χ1n) is 16.7. The summed E-state index contributed by atoms with van der Waals surface area (Å²) >= 11 is 0. The van der Waals surface area contributed by atoms with Crippen molar-refractivity contribution in [2.75, 3.05) is 0 Å². The van der Waals surface area contributed by atoms with Crippen molar-refractivity contribution in [1.29, 1.82) is 0 Å². The quantitative estimate of drug-likeness (QED) is 0.139. The molecule has 48 heavy (non-hydrogen) atoms. The summed E-state index contributed by atoms with van der Waals surface area (Å²) in [6.45, 7) is 14.4. The van der Waals surface area contributed by atoms with Gasteiger partial charge in [0.15, 0.2) is 0 Å². The van der Waals surface area contributed by atoms with Gasteiger partial charge in [-0.05, 0) is 72.6 Å². The zero-order valence-corrected chi connectivity index (χ0v) is 32.7. The molecular formula is C44H48P4. The molecule has 0 bridgehead atoms. The second-order valence-electron chi connectivity index (χ2n) is 13.6. The molecular weight excluding hydrogens is 652 g/mol. The smallest absolute Gasteiger partial charge is 0.00948 e. The highest BCUT2D eigenvalue weighted by atomic mass is 32.1. The second kappa shape index (κ2) is 17.1. The Balaban J connectivity index is 0.000000188. The SMILES string of the molecule is CC(C)(C)[P@](c1ccccc1)P(c1ccccc1)c1ccccc1.CC(C)(C)[P@](c1ccccc1)P(c1ccccc1)c1ccccc1. The summed E-state index contributed by atoms with van der Waals surface area (Å²) in [6.07, 6.45) is 0. The van der Waals surface area contributed by atoms with E-state index in [0.717, 1.165) is 0 Å². The van der Waals surface area contributed by atoms with Gasteiger partial charge in [0.2, 0.25) is 0 Å². The highest BCUT2D eigenvalue weighted by Gasteiger charge is 2.36. The summed E-state index contributed by atoms with van der Waals surface area (Å²) < 4.78 is 0. The van der Waals surface area contributed by atoms with E-state index in [-0.39, 0.29) is 25.5 Å². The van der Waals surface area contributed by atoms with Crippen molar-refractivity contribution < 1.29 is 0 Å². The third-order valence-electron chi connectivity index (χ3n) is 7.68. The average molecular weight is 701 g/mol. The molecule has 4 heteroatoms. The minimum Gasteiger partial charge on any atom is -0.0622 e. The molecule has 6 rings (SSSR count). The Morgan fingerprint density at radius 2 is 0.417 bits per heavy atom. The lowest BCUT2D eigenvalue weighted by Gasteiger charge is -2.39. The van der Waals surface area contributed by atoms with Gasteiger partial charge >= 0.3 is 0 Å². The first-order valence-corrected chi connectivity index (χ1v) is 23.4.